The first-order valence-electron chi connectivity index (χ1n) is 11.8. The number of hydrogen-bond donors (Lipinski definition) is 1. The second-order valence-electron chi connectivity index (χ2n) is 8.73. The fraction of sp³-hybridized carbons (Fsp3) is 0.241. The van der Waals surface area contributed by atoms with Crippen molar-refractivity contribution < 1.29 is 4.79 Å². The van der Waals surface area contributed by atoms with Gasteiger partial charge in [-0.3, -0.25) is 4.79 Å². The third-order valence-corrected chi connectivity index (χ3v) is 8.86. The maximum atomic E-state index is 13.0. The number of amides is 1. The summed E-state index contributed by atoms with van der Waals surface area (Å²) in [6.45, 7) is 2.01. The predicted octanol–water partition coefficient (Wildman–Crippen LogP) is 8.00. The van der Waals surface area contributed by atoms with Gasteiger partial charge in [0.2, 0.25) is 5.91 Å². The van der Waals surface area contributed by atoms with Gasteiger partial charge in [0, 0.05) is 21.4 Å². The van der Waals surface area contributed by atoms with Crippen molar-refractivity contribution in [2.45, 2.75) is 48.6 Å². The average Bonchev–Trinajstić information content (AvgIpc) is 3.49. The second kappa shape index (κ2) is 10.6. The van der Waals surface area contributed by atoms with Crippen LogP contribution in [-0.2, 0) is 11.2 Å². The van der Waals surface area contributed by atoms with Crippen LogP contribution in [0.25, 0.3) is 22.3 Å². The lowest BCUT2D eigenvalue weighted by Crippen LogP contribution is -2.14. The largest absolute Gasteiger partial charge is 0.325 e. The fourth-order valence-corrected chi connectivity index (χ4v) is 7.16. The van der Waals surface area contributed by atoms with Crippen LogP contribution in [0, 0.1) is 6.92 Å². The topological polar surface area (TPSA) is 42.0 Å². The van der Waals surface area contributed by atoms with Crippen molar-refractivity contribution in [1.29, 1.82) is 0 Å². The highest BCUT2D eigenvalue weighted by Gasteiger charge is 2.20. The molecule has 0 bridgehead atoms. The number of thiazole rings is 1. The van der Waals surface area contributed by atoms with Gasteiger partial charge in [-0.2, -0.15) is 0 Å². The van der Waals surface area contributed by atoms with Crippen molar-refractivity contribution in [1.82, 2.24) is 4.98 Å². The molecule has 34 heavy (non-hydrogen) atoms. The van der Waals surface area contributed by atoms with E-state index in [1.807, 2.05) is 43.0 Å². The van der Waals surface area contributed by atoms with E-state index in [-0.39, 0.29) is 5.91 Å². The van der Waals surface area contributed by atoms with Gasteiger partial charge in [-0.1, -0.05) is 97.4 Å². The minimum absolute atomic E-state index is 0.00229. The van der Waals surface area contributed by atoms with E-state index in [1.165, 1.54) is 36.8 Å². The summed E-state index contributed by atoms with van der Waals surface area (Å²) in [5.74, 6) is -0.00229. The molecule has 1 aliphatic rings. The maximum absolute atomic E-state index is 13.0. The molecular weight excluding hydrogens is 456 g/mol. The Kier molecular flexibility index (Phi) is 7.12. The second-order valence-corrected chi connectivity index (χ2v) is 11.4. The third-order valence-electron chi connectivity index (χ3n) is 6.27. The van der Waals surface area contributed by atoms with Gasteiger partial charge in [0.15, 0.2) is 4.34 Å². The minimum atomic E-state index is -0.00229. The van der Waals surface area contributed by atoms with E-state index in [1.54, 1.807) is 11.3 Å². The molecule has 1 N–H and O–H groups in total. The Morgan fingerprint density at radius 2 is 1.56 bits per heavy atom. The summed E-state index contributed by atoms with van der Waals surface area (Å²) in [7, 11) is 0. The first kappa shape index (κ1) is 22.9. The summed E-state index contributed by atoms with van der Waals surface area (Å²) >= 11 is 3.57. The molecule has 5 rings (SSSR count). The number of benzene rings is 3. The summed E-state index contributed by atoms with van der Waals surface area (Å²) in [4.78, 5) is 18.8. The lowest BCUT2D eigenvalue weighted by atomic mass is 9.99. The summed E-state index contributed by atoms with van der Waals surface area (Å²) in [6.07, 6.45) is 5.57. The van der Waals surface area contributed by atoms with Crippen LogP contribution < -0.4 is 5.32 Å². The fourth-order valence-electron chi connectivity index (χ4n) is 4.42. The van der Waals surface area contributed by atoms with E-state index in [9.17, 15) is 4.79 Å². The number of carbonyl (C=O) groups excluding carboxylic acids is 1. The Labute approximate surface area is 209 Å². The number of nitrogens with zero attached hydrogens (tertiary/aromatic N) is 1. The van der Waals surface area contributed by atoms with Crippen LogP contribution in [0.2, 0.25) is 0 Å². The van der Waals surface area contributed by atoms with Crippen molar-refractivity contribution in [3.05, 3.63) is 89.4 Å². The van der Waals surface area contributed by atoms with E-state index in [2.05, 4.69) is 59.9 Å². The smallest absolute Gasteiger partial charge is 0.229 e. The molecule has 5 heteroatoms. The van der Waals surface area contributed by atoms with Crippen molar-refractivity contribution >= 4 is 34.7 Å². The highest BCUT2D eigenvalue weighted by atomic mass is 32.2. The number of aryl methyl sites for hydroxylation is 1. The molecule has 0 atom stereocenters. The number of thioether (sulfide) groups is 1. The summed E-state index contributed by atoms with van der Waals surface area (Å²) < 4.78 is 1.10. The van der Waals surface area contributed by atoms with E-state index >= 15 is 0 Å². The molecule has 1 heterocycles. The zero-order valence-electron chi connectivity index (χ0n) is 19.3. The maximum Gasteiger partial charge on any atom is 0.229 e. The molecule has 1 amide bonds. The van der Waals surface area contributed by atoms with Gasteiger partial charge >= 0.3 is 0 Å². The van der Waals surface area contributed by atoms with Crippen molar-refractivity contribution in [2.24, 2.45) is 0 Å². The Bertz CT molecular complexity index is 1260. The van der Waals surface area contributed by atoms with Crippen LogP contribution in [0.15, 0.2) is 83.2 Å². The van der Waals surface area contributed by atoms with Crippen LogP contribution in [0.3, 0.4) is 0 Å². The van der Waals surface area contributed by atoms with E-state index < -0.39 is 0 Å². The van der Waals surface area contributed by atoms with Crippen LogP contribution in [0.1, 0.15) is 36.3 Å². The quantitative estimate of drug-likeness (QED) is 0.289. The molecule has 0 saturated heterocycles. The van der Waals surface area contributed by atoms with Crippen molar-refractivity contribution in [3.8, 4) is 22.3 Å². The molecular formula is C29H28N2OS2. The summed E-state index contributed by atoms with van der Waals surface area (Å²) in [5, 5.41) is 3.83. The normalized spacial score (nSPS) is 13.8. The van der Waals surface area contributed by atoms with Crippen LogP contribution in [0.5, 0.6) is 0 Å². The molecule has 1 aliphatic carbocycles. The van der Waals surface area contributed by atoms with Gasteiger partial charge in [-0.15, -0.1) is 11.3 Å². The highest BCUT2D eigenvalue weighted by Crippen LogP contribution is 2.38. The molecule has 4 aromatic rings. The predicted molar refractivity (Wildman–Crippen MR) is 145 cm³/mol. The lowest BCUT2D eigenvalue weighted by molar-refractivity contribution is -0.115. The molecule has 172 valence electrons. The lowest BCUT2D eigenvalue weighted by Gasteiger charge is -2.12. The molecule has 0 aliphatic heterocycles. The number of hydrogen-bond acceptors (Lipinski definition) is 4. The monoisotopic (exact) mass is 484 g/mol. The van der Waals surface area contributed by atoms with Gasteiger partial charge in [0.25, 0.3) is 0 Å². The van der Waals surface area contributed by atoms with Crippen LogP contribution >= 0.6 is 23.1 Å². The summed E-state index contributed by atoms with van der Waals surface area (Å²) in [6, 6.07) is 26.9. The third kappa shape index (κ3) is 5.43. The highest BCUT2D eigenvalue weighted by molar-refractivity contribution is 8.01. The first-order valence-corrected chi connectivity index (χ1v) is 13.5. The van der Waals surface area contributed by atoms with Crippen LogP contribution in [0.4, 0.5) is 5.69 Å². The van der Waals surface area contributed by atoms with Gasteiger partial charge in [-0.05, 0) is 42.5 Å². The first-order chi connectivity index (χ1) is 16.7. The number of rotatable bonds is 7. The molecule has 0 radical (unpaired) electrons. The Morgan fingerprint density at radius 3 is 2.32 bits per heavy atom. The van der Waals surface area contributed by atoms with E-state index in [0.29, 0.717) is 11.7 Å². The molecule has 3 nitrogen and oxygen atoms in total. The van der Waals surface area contributed by atoms with E-state index in [0.717, 1.165) is 31.7 Å². The average molecular weight is 485 g/mol. The van der Waals surface area contributed by atoms with Crippen molar-refractivity contribution in [3.63, 3.8) is 0 Å². The molecule has 1 fully saturated rings. The van der Waals surface area contributed by atoms with Gasteiger partial charge < -0.3 is 5.32 Å². The molecule has 0 spiro atoms. The molecule has 1 saturated carbocycles. The molecule has 1 aromatic heterocycles. The standard InChI is InChI=1S/C29H28N2OS2/c1-20-27(34-29(30-20)33-24-11-5-6-12-24)19-28(32)31-26-14-8-7-13-25(26)23-17-15-22(16-18-23)21-9-3-2-4-10-21/h2-4,7-10,13-18,24H,5-6,11-12,19H2,1H3,(H,31,32). The van der Waals surface area contributed by atoms with Gasteiger partial charge in [0.05, 0.1) is 12.1 Å². The zero-order chi connectivity index (χ0) is 23.3. The molecule has 0 unspecified atom stereocenters. The minimum Gasteiger partial charge on any atom is -0.325 e. The van der Waals surface area contributed by atoms with Crippen molar-refractivity contribution in [2.75, 3.05) is 5.32 Å². The Balaban J connectivity index is 1.28. The number of aromatic nitrogens is 1. The number of anilines is 1. The number of carbonyl (C=O) groups is 1. The van der Waals surface area contributed by atoms with E-state index in [4.69, 9.17) is 4.98 Å². The number of para-hydroxylation sites is 1. The van der Waals surface area contributed by atoms with Gasteiger partial charge in [-0.25, -0.2) is 4.98 Å². The SMILES string of the molecule is Cc1nc(SC2CCCC2)sc1CC(=O)Nc1ccccc1-c1ccc(-c2ccccc2)cc1. The Morgan fingerprint density at radius 1 is 0.912 bits per heavy atom. The number of nitrogens with one attached hydrogen (secondary N) is 1. The van der Waals surface area contributed by atoms with Gasteiger partial charge in [0.1, 0.15) is 0 Å². The Hall–Kier alpha value is -2.89. The van der Waals surface area contributed by atoms with Crippen LogP contribution in [-0.4, -0.2) is 16.1 Å². The summed E-state index contributed by atoms with van der Waals surface area (Å²) in [5.41, 5.74) is 6.29. The molecule has 3 aromatic carbocycles. The zero-order valence-corrected chi connectivity index (χ0v) is 20.9.